The van der Waals surface area contributed by atoms with E-state index in [0.29, 0.717) is 13.0 Å². The summed E-state index contributed by atoms with van der Waals surface area (Å²) in [6.07, 6.45) is 0.394. The monoisotopic (exact) mass is 290 g/mol. The molecule has 0 aliphatic heterocycles. The van der Waals surface area contributed by atoms with Crippen LogP contribution in [0, 0.1) is 6.92 Å². The Labute approximate surface area is 127 Å². The molecule has 1 rings (SSSR count). The summed E-state index contributed by atoms with van der Waals surface area (Å²) in [5.41, 5.74) is 2.19. The van der Waals surface area contributed by atoms with Crippen molar-refractivity contribution in [2.75, 3.05) is 0 Å². The minimum atomic E-state index is -0.472. The van der Waals surface area contributed by atoms with Crippen molar-refractivity contribution in [1.29, 1.82) is 0 Å². The van der Waals surface area contributed by atoms with Crippen molar-refractivity contribution >= 4 is 11.8 Å². The van der Waals surface area contributed by atoms with Gasteiger partial charge in [-0.3, -0.25) is 9.59 Å². The van der Waals surface area contributed by atoms with Gasteiger partial charge in [-0.25, -0.2) is 0 Å². The van der Waals surface area contributed by atoms with E-state index in [0.717, 1.165) is 11.1 Å². The fraction of sp³-hybridized carbons (Fsp3) is 0.529. The van der Waals surface area contributed by atoms with Gasteiger partial charge in [0, 0.05) is 19.0 Å². The van der Waals surface area contributed by atoms with Crippen molar-refractivity contribution in [2.45, 2.75) is 59.7 Å². The number of nitrogens with one attached hydrogen (secondary N) is 1. The molecule has 116 valence electrons. The summed E-state index contributed by atoms with van der Waals surface area (Å²) >= 11 is 0. The second-order valence-electron chi connectivity index (χ2n) is 5.70. The number of amides is 2. The molecule has 1 atom stereocenters. The van der Waals surface area contributed by atoms with Gasteiger partial charge in [0.25, 0.3) is 0 Å². The zero-order chi connectivity index (χ0) is 16.0. The van der Waals surface area contributed by atoms with Gasteiger partial charge in [-0.15, -0.1) is 0 Å². The minimum absolute atomic E-state index is 0.0112. The van der Waals surface area contributed by atoms with Crippen LogP contribution in [0.1, 0.15) is 45.2 Å². The molecule has 0 aliphatic rings. The van der Waals surface area contributed by atoms with Crippen LogP contribution in [0.4, 0.5) is 0 Å². The second-order valence-corrected chi connectivity index (χ2v) is 5.70. The Morgan fingerprint density at radius 2 is 1.90 bits per heavy atom. The molecule has 1 aromatic rings. The van der Waals surface area contributed by atoms with Gasteiger partial charge in [-0.1, -0.05) is 36.8 Å². The van der Waals surface area contributed by atoms with Crippen LogP contribution in [0.2, 0.25) is 0 Å². The number of nitrogens with zero attached hydrogens (tertiary/aromatic N) is 1. The Bertz CT molecular complexity index is 497. The van der Waals surface area contributed by atoms with E-state index in [1.54, 1.807) is 11.8 Å². The van der Waals surface area contributed by atoms with Crippen molar-refractivity contribution in [3.63, 3.8) is 0 Å². The number of carbonyl (C=O) groups excluding carboxylic acids is 2. The van der Waals surface area contributed by atoms with E-state index in [1.807, 2.05) is 52.0 Å². The Hall–Kier alpha value is -1.84. The fourth-order valence-corrected chi connectivity index (χ4v) is 2.20. The highest BCUT2D eigenvalue weighted by Crippen LogP contribution is 2.12. The van der Waals surface area contributed by atoms with Crippen LogP contribution in [0.25, 0.3) is 0 Å². The highest BCUT2D eigenvalue weighted by atomic mass is 16.2. The molecule has 0 fully saturated rings. The first-order valence-electron chi connectivity index (χ1n) is 7.50. The van der Waals surface area contributed by atoms with Crippen molar-refractivity contribution in [3.8, 4) is 0 Å². The Balaban J connectivity index is 2.90. The largest absolute Gasteiger partial charge is 0.352 e. The number of carbonyl (C=O) groups is 2. The summed E-state index contributed by atoms with van der Waals surface area (Å²) in [5, 5.41) is 2.87. The first-order valence-corrected chi connectivity index (χ1v) is 7.50. The van der Waals surface area contributed by atoms with Gasteiger partial charge in [0.15, 0.2) is 0 Å². The predicted molar refractivity (Wildman–Crippen MR) is 84.8 cm³/mol. The van der Waals surface area contributed by atoms with Gasteiger partial charge >= 0.3 is 0 Å². The molecule has 4 nitrogen and oxygen atoms in total. The molecule has 0 heterocycles. The Morgan fingerprint density at radius 3 is 2.43 bits per heavy atom. The van der Waals surface area contributed by atoms with Crippen LogP contribution in [0.15, 0.2) is 24.3 Å². The SMILES string of the molecule is CCC(=O)N(Cc1cccc(C)c1)[C@@H](C)C(=O)NC(C)C. The van der Waals surface area contributed by atoms with Crippen LogP contribution >= 0.6 is 0 Å². The molecule has 1 aromatic carbocycles. The van der Waals surface area contributed by atoms with E-state index in [9.17, 15) is 9.59 Å². The third kappa shape index (κ3) is 5.21. The van der Waals surface area contributed by atoms with Crippen molar-refractivity contribution in [3.05, 3.63) is 35.4 Å². The standard InChI is InChI=1S/C17H26N2O2/c1-6-16(20)19(14(5)17(21)18-12(2)3)11-15-9-7-8-13(4)10-15/h7-10,12,14H,6,11H2,1-5H3,(H,18,21)/t14-/m0/s1. The summed E-state index contributed by atoms with van der Waals surface area (Å²) in [6.45, 7) is 9.90. The third-order valence-electron chi connectivity index (χ3n) is 3.34. The van der Waals surface area contributed by atoms with Crippen molar-refractivity contribution < 1.29 is 9.59 Å². The maximum Gasteiger partial charge on any atom is 0.242 e. The predicted octanol–water partition coefficient (Wildman–Crippen LogP) is 2.65. The molecule has 0 saturated heterocycles. The van der Waals surface area contributed by atoms with Crippen LogP contribution < -0.4 is 5.32 Å². The summed E-state index contributed by atoms with van der Waals surface area (Å²) in [4.78, 5) is 26.0. The molecular weight excluding hydrogens is 264 g/mol. The van der Waals surface area contributed by atoms with Gasteiger partial charge < -0.3 is 10.2 Å². The molecule has 0 aromatic heterocycles. The average molecular weight is 290 g/mol. The lowest BCUT2D eigenvalue weighted by Crippen LogP contribution is -2.49. The first kappa shape index (κ1) is 17.2. The number of aryl methyl sites for hydroxylation is 1. The van der Waals surface area contributed by atoms with Crippen LogP contribution in [0.3, 0.4) is 0 Å². The number of benzene rings is 1. The molecule has 0 bridgehead atoms. The van der Waals surface area contributed by atoms with Crippen LogP contribution in [0.5, 0.6) is 0 Å². The zero-order valence-corrected chi connectivity index (χ0v) is 13.6. The Morgan fingerprint density at radius 1 is 1.24 bits per heavy atom. The maximum atomic E-state index is 12.2. The lowest BCUT2D eigenvalue weighted by Gasteiger charge is -2.29. The second kappa shape index (κ2) is 7.81. The quantitative estimate of drug-likeness (QED) is 0.875. The van der Waals surface area contributed by atoms with Crippen molar-refractivity contribution in [1.82, 2.24) is 10.2 Å². The fourth-order valence-electron chi connectivity index (χ4n) is 2.20. The van der Waals surface area contributed by atoms with Crippen LogP contribution in [-0.4, -0.2) is 28.8 Å². The van der Waals surface area contributed by atoms with E-state index in [-0.39, 0.29) is 17.9 Å². The van der Waals surface area contributed by atoms with Gasteiger partial charge in [0.05, 0.1) is 0 Å². The molecule has 0 saturated carbocycles. The summed E-state index contributed by atoms with van der Waals surface area (Å²) < 4.78 is 0. The molecule has 21 heavy (non-hydrogen) atoms. The van der Waals surface area contributed by atoms with E-state index in [2.05, 4.69) is 5.32 Å². The average Bonchev–Trinajstić information content (AvgIpc) is 2.42. The summed E-state index contributed by atoms with van der Waals surface area (Å²) in [5.74, 6) is -0.123. The summed E-state index contributed by atoms with van der Waals surface area (Å²) in [7, 11) is 0. The van der Waals surface area contributed by atoms with E-state index >= 15 is 0 Å². The lowest BCUT2D eigenvalue weighted by atomic mass is 10.1. The van der Waals surface area contributed by atoms with Crippen molar-refractivity contribution in [2.24, 2.45) is 0 Å². The third-order valence-corrected chi connectivity index (χ3v) is 3.34. The molecule has 0 unspecified atom stereocenters. The van der Waals surface area contributed by atoms with Crippen LogP contribution in [-0.2, 0) is 16.1 Å². The molecule has 0 aliphatic carbocycles. The van der Waals surface area contributed by atoms with Gasteiger partial charge in [0.2, 0.25) is 11.8 Å². The molecule has 0 radical (unpaired) electrons. The number of hydrogen-bond donors (Lipinski definition) is 1. The summed E-state index contributed by atoms with van der Waals surface area (Å²) in [6, 6.07) is 7.61. The highest BCUT2D eigenvalue weighted by molar-refractivity contribution is 5.87. The number of hydrogen-bond acceptors (Lipinski definition) is 2. The Kier molecular flexibility index (Phi) is 6.40. The highest BCUT2D eigenvalue weighted by Gasteiger charge is 2.25. The molecule has 0 spiro atoms. The maximum absolute atomic E-state index is 12.2. The molecule has 2 amide bonds. The number of rotatable bonds is 6. The van der Waals surface area contributed by atoms with Gasteiger partial charge in [-0.2, -0.15) is 0 Å². The van der Waals surface area contributed by atoms with Gasteiger partial charge in [-0.05, 0) is 33.3 Å². The molecule has 4 heteroatoms. The minimum Gasteiger partial charge on any atom is -0.352 e. The molecule has 1 N–H and O–H groups in total. The van der Waals surface area contributed by atoms with E-state index < -0.39 is 6.04 Å². The van der Waals surface area contributed by atoms with E-state index in [4.69, 9.17) is 0 Å². The van der Waals surface area contributed by atoms with E-state index in [1.165, 1.54) is 0 Å². The molecular formula is C17H26N2O2. The van der Waals surface area contributed by atoms with Gasteiger partial charge in [0.1, 0.15) is 6.04 Å². The topological polar surface area (TPSA) is 49.4 Å². The zero-order valence-electron chi connectivity index (χ0n) is 13.6. The lowest BCUT2D eigenvalue weighted by molar-refractivity contribution is -0.140. The smallest absolute Gasteiger partial charge is 0.242 e. The normalized spacial score (nSPS) is 12.1. The first-order chi connectivity index (χ1) is 9.85.